The standard InChI is InChI=1S/C19H24O7/c1-8-5-17-7-18(8,25)4-3-10(17)19-12(11(17)14(22)23)16(2,15(24)26-19)6-9(20)13(19)21/h9-13,20-21,25H,1,3-7H2,2H3,(H,22,23)/t9-,10-,11-,12-,13-,16-,17+,18+,19-/m1/s1. The van der Waals surface area contributed by atoms with Crippen molar-refractivity contribution in [3.8, 4) is 0 Å². The van der Waals surface area contributed by atoms with Crippen molar-refractivity contribution in [3.05, 3.63) is 12.2 Å². The summed E-state index contributed by atoms with van der Waals surface area (Å²) in [6.45, 7) is 5.65. The average molecular weight is 364 g/mol. The van der Waals surface area contributed by atoms with Crippen LogP contribution < -0.4 is 0 Å². The fraction of sp³-hybridized carbons (Fsp3) is 0.789. The summed E-state index contributed by atoms with van der Waals surface area (Å²) in [5.74, 6) is -3.64. The maximum atomic E-state index is 12.7. The Bertz CT molecular complexity index is 763. The molecule has 26 heavy (non-hydrogen) atoms. The Labute approximate surface area is 150 Å². The molecule has 5 rings (SSSR count). The Morgan fingerprint density at radius 2 is 2.04 bits per heavy atom. The van der Waals surface area contributed by atoms with Crippen molar-refractivity contribution in [2.24, 2.45) is 28.6 Å². The summed E-state index contributed by atoms with van der Waals surface area (Å²) in [6.07, 6.45) is -1.04. The second kappa shape index (κ2) is 4.34. The molecule has 4 aliphatic carbocycles. The number of esters is 1. The fourth-order valence-electron chi connectivity index (χ4n) is 7.70. The van der Waals surface area contributed by atoms with Gasteiger partial charge in [-0.2, -0.15) is 0 Å². The largest absolute Gasteiger partial charge is 0.481 e. The molecule has 1 spiro atoms. The van der Waals surface area contributed by atoms with E-state index in [2.05, 4.69) is 6.58 Å². The summed E-state index contributed by atoms with van der Waals surface area (Å²) < 4.78 is 5.82. The van der Waals surface area contributed by atoms with Gasteiger partial charge in [0.05, 0.1) is 23.0 Å². The normalized spacial score (nSPS) is 59.8. The molecule has 1 saturated heterocycles. The van der Waals surface area contributed by atoms with Crippen LogP contribution in [-0.4, -0.2) is 55.8 Å². The summed E-state index contributed by atoms with van der Waals surface area (Å²) in [4.78, 5) is 25.2. The second-order valence-corrected chi connectivity index (χ2v) is 9.48. The van der Waals surface area contributed by atoms with Crippen molar-refractivity contribution < 1.29 is 34.8 Å². The first-order valence-corrected chi connectivity index (χ1v) is 9.26. The maximum Gasteiger partial charge on any atom is 0.313 e. The first-order valence-electron chi connectivity index (χ1n) is 9.26. The van der Waals surface area contributed by atoms with Crippen LogP contribution in [0.4, 0.5) is 0 Å². The molecule has 9 atom stereocenters. The Hall–Kier alpha value is -1.44. The number of aliphatic hydroxyl groups excluding tert-OH is 2. The molecule has 1 heterocycles. The monoisotopic (exact) mass is 364 g/mol. The minimum absolute atomic E-state index is 0.0167. The van der Waals surface area contributed by atoms with E-state index in [9.17, 15) is 30.0 Å². The molecule has 7 heteroatoms. The number of rotatable bonds is 1. The molecule has 0 amide bonds. The van der Waals surface area contributed by atoms with Crippen molar-refractivity contribution in [2.75, 3.05) is 0 Å². The zero-order chi connectivity index (χ0) is 18.9. The van der Waals surface area contributed by atoms with Gasteiger partial charge < -0.3 is 25.2 Å². The minimum atomic E-state index is -1.40. The summed E-state index contributed by atoms with van der Waals surface area (Å²) >= 11 is 0. The lowest BCUT2D eigenvalue weighted by Crippen LogP contribution is -2.61. The van der Waals surface area contributed by atoms with Crippen molar-refractivity contribution in [1.29, 1.82) is 0 Å². The number of carboxylic acid groups (broad SMARTS) is 1. The lowest BCUT2D eigenvalue weighted by Gasteiger charge is -2.48. The fourth-order valence-corrected chi connectivity index (χ4v) is 7.70. The predicted octanol–water partition coefficient (Wildman–Crippen LogP) is 0.222. The van der Waals surface area contributed by atoms with Gasteiger partial charge in [-0.1, -0.05) is 6.58 Å². The average Bonchev–Trinajstić information content (AvgIpc) is 2.97. The molecule has 7 nitrogen and oxygen atoms in total. The SMILES string of the molecule is C=C1C[C@]23C[C@@]1(O)CC[C@H]2[C@]12OC(=O)[C@](C)(C[C@@H](O)[C@H]1O)[C@H]2[C@@H]3C(=O)O. The van der Waals surface area contributed by atoms with E-state index in [1.54, 1.807) is 6.92 Å². The highest BCUT2D eigenvalue weighted by atomic mass is 16.6. The molecule has 4 N–H and O–H groups in total. The summed E-state index contributed by atoms with van der Waals surface area (Å²) in [5.41, 5.74) is -3.84. The Morgan fingerprint density at radius 3 is 2.69 bits per heavy atom. The van der Waals surface area contributed by atoms with E-state index in [0.29, 0.717) is 24.8 Å². The molecule has 5 fully saturated rings. The zero-order valence-corrected chi connectivity index (χ0v) is 14.6. The van der Waals surface area contributed by atoms with E-state index >= 15 is 0 Å². The number of aliphatic carboxylic acids is 1. The Balaban J connectivity index is 1.78. The van der Waals surface area contributed by atoms with Crippen LogP contribution in [0.1, 0.15) is 39.0 Å². The van der Waals surface area contributed by atoms with E-state index in [1.165, 1.54) is 0 Å². The lowest BCUT2D eigenvalue weighted by atomic mass is 9.58. The van der Waals surface area contributed by atoms with Crippen LogP contribution in [0.15, 0.2) is 12.2 Å². The van der Waals surface area contributed by atoms with Crippen LogP contribution in [0, 0.1) is 28.6 Å². The third-order valence-electron chi connectivity index (χ3n) is 8.49. The number of carbonyl (C=O) groups excluding carboxylic acids is 1. The molecule has 0 unspecified atom stereocenters. The number of carboxylic acids is 1. The lowest BCUT2D eigenvalue weighted by molar-refractivity contribution is -0.194. The maximum absolute atomic E-state index is 12.7. The van der Waals surface area contributed by atoms with Crippen LogP contribution in [0.2, 0.25) is 0 Å². The molecule has 0 aromatic rings. The number of carbonyl (C=O) groups is 2. The number of hydrogen-bond acceptors (Lipinski definition) is 6. The number of aliphatic hydroxyl groups is 3. The third-order valence-corrected chi connectivity index (χ3v) is 8.49. The van der Waals surface area contributed by atoms with Gasteiger partial charge in [0.2, 0.25) is 0 Å². The van der Waals surface area contributed by atoms with Gasteiger partial charge in [0, 0.05) is 11.8 Å². The third kappa shape index (κ3) is 1.43. The van der Waals surface area contributed by atoms with Gasteiger partial charge in [-0.15, -0.1) is 0 Å². The summed E-state index contributed by atoms with van der Waals surface area (Å²) in [7, 11) is 0. The van der Waals surface area contributed by atoms with E-state index < -0.39 is 63.9 Å². The summed E-state index contributed by atoms with van der Waals surface area (Å²) in [6, 6.07) is 0. The first-order chi connectivity index (χ1) is 12.0. The Kier molecular flexibility index (Phi) is 2.79. The number of ether oxygens (including phenoxy) is 1. The van der Waals surface area contributed by atoms with Crippen LogP contribution in [0.3, 0.4) is 0 Å². The minimum Gasteiger partial charge on any atom is -0.481 e. The van der Waals surface area contributed by atoms with E-state index in [4.69, 9.17) is 4.74 Å². The molecular weight excluding hydrogens is 340 g/mol. The first kappa shape index (κ1) is 16.7. The quantitative estimate of drug-likeness (QED) is 0.388. The molecule has 4 bridgehead atoms. The zero-order valence-electron chi connectivity index (χ0n) is 14.6. The number of hydrogen-bond donors (Lipinski definition) is 4. The van der Waals surface area contributed by atoms with Gasteiger partial charge in [-0.05, 0) is 50.0 Å². The highest BCUT2D eigenvalue weighted by Crippen LogP contribution is 2.78. The molecule has 0 aromatic carbocycles. The van der Waals surface area contributed by atoms with Crippen molar-refractivity contribution in [3.63, 3.8) is 0 Å². The Morgan fingerprint density at radius 1 is 1.35 bits per heavy atom. The van der Waals surface area contributed by atoms with Crippen molar-refractivity contribution in [2.45, 2.75) is 62.4 Å². The molecule has 5 aliphatic rings. The van der Waals surface area contributed by atoms with Gasteiger partial charge in [0.25, 0.3) is 0 Å². The highest BCUT2D eigenvalue weighted by Gasteiger charge is 2.86. The second-order valence-electron chi connectivity index (χ2n) is 9.48. The van der Waals surface area contributed by atoms with Gasteiger partial charge in [-0.3, -0.25) is 9.59 Å². The van der Waals surface area contributed by atoms with Crippen LogP contribution in [0.5, 0.6) is 0 Å². The van der Waals surface area contributed by atoms with E-state index in [-0.39, 0.29) is 12.8 Å². The van der Waals surface area contributed by atoms with Crippen molar-refractivity contribution in [1.82, 2.24) is 0 Å². The van der Waals surface area contributed by atoms with Gasteiger partial charge >= 0.3 is 11.9 Å². The topological polar surface area (TPSA) is 124 Å². The molecule has 0 radical (unpaired) electrons. The summed E-state index contributed by atoms with van der Waals surface area (Å²) in [5, 5.41) is 42.5. The van der Waals surface area contributed by atoms with Crippen LogP contribution in [0.25, 0.3) is 0 Å². The smallest absolute Gasteiger partial charge is 0.313 e. The van der Waals surface area contributed by atoms with Gasteiger partial charge in [-0.25, -0.2) is 0 Å². The van der Waals surface area contributed by atoms with E-state index in [1.807, 2.05) is 0 Å². The molecular formula is C19H24O7. The predicted molar refractivity (Wildman–Crippen MR) is 86.7 cm³/mol. The molecule has 4 saturated carbocycles. The van der Waals surface area contributed by atoms with Crippen molar-refractivity contribution >= 4 is 11.9 Å². The molecule has 1 aliphatic heterocycles. The molecule has 0 aromatic heterocycles. The van der Waals surface area contributed by atoms with Gasteiger partial charge in [0.1, 0.15) is 11.7 Å². The van der Waals surface area contributed by atoms with Gasteiger partial charge in [0.15, 0.2) is 0 Å². The number of fused-ring (bicyclic) bond motifs is 1. The van der Waals surface area contributed by atoms with E-state index in [0.717, 1.165) is 0 Å². The molecule has 142 valence electrons. The van der Waals surface area contributed by atoms with Crippen LogP contribution in [-0.2, 0) is 14.3 Å². The van der Waals surface area contributed by atoms with Crippen LogP contribution >= 0.6 is 0 Å². The highest BCUT2D eigenvalue weighted by molar-refractivity contribution is 5.85.